The Morgan fingerprint density at radius 2 is 1.91 bits per heavy atom. The quantitative estimate of drug-likeness (QED) is 0.511. The Bertz CT molecular complexity index is 1420. The van der Waals surface area contributed by atoms with Crippen LogP contribution < -0.4 is 16.0 Å². The van der Waals surface area contributed by atoms with Gasteiger partial charge in [-0.15, -0.1) is 11.6 Å². The van der Waals surface area contributed by atoms with Crippen LogP contribution >= 0.6 is 11.6 Å². The second-order valence-corrected chi connectivity index (χ2v) is 9.19. The largest absolute Gasteiger partial charge is 0.425 e. The Morgan fingerprint density at radius 1 is 1.21 bits per heavy atom. The van der Waals surface area contributed by atoms with Gasteiger partial charge in [0.15, 0.2) is 11.2 Å². The standard InChI is InChI=1S/C23H23ClF2N4O4/c1-23(24)6-4-14(5-7-23)13-30-18-19(28(2)22(33)29(20(18)32)8-3-9-31)27-21(30)34-17-11-15(25)10-16(26)12-17/h4-6,10-12,31H,3,7-9,13H2,1-2H3. The molecule has 8 nitrogen and oxygen atoms in total. The fourth-order valence-corrected chi connectivity index (χ4v) is 3.88. The molecule has 2 aromatic heterocycles. The molecule has 0 bridgehead atoms. The fraction of sp³-hybridized carbons (Fsp3) is 0.348. The maximum Gasteiger partial charge on any atom is 0.332 e. The molecule has 4 rings (SSSR count). The summed E-state index contributed by atoms with van der Waals surface area (Å²) in [6.45, 7) is 1.83. The van der Waals surface area contributed by atoms with Crippen molar-refractivity contribution in [3.63, 3.8) is 0 Å². The SMILES string of the molecule is Cn1c(=O)n(CCCO)c(=O)c2c1nc(Oc1cc(F)cc(F)c1)n2CC1=CCC(C)(Cl)C=C1. The average Bonchev–Trinajstić information content (AvgIpc) is 3.11. The summed E-state index contributed by atoms with van der Waals surface area (Å²) in [5, 5.41) is 9.17. The highest BCUT2D eigenvalue weighted by atomic mass is 35.5. The molecule has 1 aromatic carbocycles. The zero-order valence-corrected chi connectivity index (χ0v) is 19.4. The van der Waals surface area contributed by atoms with Crippen LogP contribution in [0.3, 0.4) is 0 Å². The van der Waals surface area contributed by atoms with Crippen LogP contribution in [-0.4, -0.2) is 35.3 Å². The molecule has 11 heteroatoms. The molecule has 1 atom stereocenters. The molecule has 1 aliphatic rings. The summed E-state index contributed by atoms with van der Waals surface area (Å²) >= 11 is 6.36. The van der Waals surface area contributed by atoms with Gasteiger partial charge >= 0.3 is 11.7 Å². The van der Waals surface area contributed by atoms with E-state index in [0.717, 1.165) is 22.3 Å². The van der Waals surface area contributed by atoms with E-state index in [4.69, 9.17) is 21.4 Å². The van der Waals surface area contributed by atoms with Crippen molar-refractivity contribution in [1.29, 1.82) is 0 Å². The van der Waals surface area contributed by atoms with E-state index in [1.165, 1.54) is 16.2 Å². The van der Waals surface area contributed by atoms with Crippen molar-refractivity contribution in [1.82, 2.24) is 18.7 Å². The molecular weight excluding hydrogens is 470 g/mol. The number of aliphatic hydroxyl groups excluding tert-OH is 1. The second kappa shape index (κ2) is 9.19. The number of rotatable bonds is 7. The Hall–Kier alpha value is -3.24. The fourth-order valence-electron chi connectivity index (χ4n) is 3.74. The van der Waals surface area contributed by atoms with E-state index in [1.54, 1.807) is 0 Å². The molecule has 0 aliphatic heterocycles. The van der Waals surface area contributed by atoms with Crippen molar-refractivity contribution in [2.24, 2.45) is 7.05 Å². The van der Waals surface area contributed by atoms with Crippen molar-refractivity contribution in [2.75, 3.05) is 6.61 Å². The maximum absolute atomic E-state index is 13.7. The number of benzene rings is 1. The monoisotopic (exact) mass is 492 g/mol. The van der Waals surface area contributed by atoms with Crippen molar-refractivity contribution in [3.05, 3.63) is 74.5 Å². The van der Waals surface area contributed by atoms with Crippen LogP contribution in [0.25, 0.3) is 11.2 Å². The van der Waals surface area contributed by atoms with E-state index in [-0.39, 0.29) is 49.0 Å². The molecule has 0 saturated carbocycles. The number of imidazole rings is 1. The molecule has 1 N–H and O–H groups in total. The number of aryl methyl sites for hydroxylation is 1. The van der Waals surface area contributed by atoms with Crippen LogP contribution in [0.5, 0.6) is 11.8 Å². The third kappa shape index (κ3) is 4.69. The van der Waals surface area contributed by atoms with Gasteiger partial charge < -0.3 is 9.84 Å². The first-order valence-electron chi connectivity index (χ1n) is 10.6. The number of ether oxygens (including phenoxy) is 1. The molecule has 180 valence electrons. The lowest BCUT2D eigenvalue weighted by Gasteiger charge is -2.21. The minimum absolute atomic E-state index is 0.0155. The first-order valence-corrected chi connectivity index (χ1v) is 11.0. The maximum atomic E-state index is 13.7. The van der Waals surface area contributed by atoms with Crippen molar-refractivity contribution in [2.45, 2.75) is 37.7 Å². The lowest BCUT2D eigenvalue weighted by molar-refractivity contribution is 0.277. The van der Waals surface area contributed by atoms with Gasteiger partial charge in [0, 0.05) is 38.4 Å². The summed E-state index contributed by atoms with van der Waals surface area (Å²) in [6.07, 6.45) is 6.33. The van der Waals surface area contributed by atoms with E-state index < -0.39 is 27.8 Å². The van der Waals surface area contributed by atoms with Crippen LogP contribution in [0.4, 0.5) is 8.78 Å². The first-order chi connectivity index (χ1) is 16.1. The van der Waals surface area contributed by atoms with Gasteiger partial charge in [-0.25, -0.2) is 13.6 Å². The Labute approximate surface area is 198 Å². The number of alkyl halides is 1. The Kier molecular flexibility index (Phi) is 6.46. The lowest BCUT2D eigenvalue weighted by Crippen LogP contribution is -2.40. The van der Waals surface area contributed by atoms with Crippen LogP contribution in [0.1, 0.15) is 19.8 Å². The molecule has 1 aliphatic carbocycles. The number of hydrogen-bond donors (Lipinski definition) is 1. The lowest BCUT2D eigenvalue weighted by atomic mass is 9.97. The average molecular weight is 493 g/mol. The van der Waals surface area contributed by atoms with Crippen molar-refractivity contribution < 1.29 is 18.6 Å². The summed E-state index contributed by atoms with van der Waals surface area (Å²) in [4.78, 5) is 29.9. The molecule has 1 unspecified atom stereocenters. The van der Waals surface area contributed by atoms with E-state index in [9.17, 15) is 18.4 Å². The van der Waals surface area contributed by atoms with Crippen LogP contribution in [0, 0.1) is 11.6 Å². The van der Waals surface area contributed by atoms with Gasteiger partial charge in [0.2, 0.25) is 0 Å². The predicted octanol–water partition coefficient (Wildman–Crippen LogP) is 3.23. The second-order valence-electron chi connectivity index (χ2n) is 8.33. The molecule has 0 amide bonds. The Morgan fingerprint density at radius 3 is 2.53 bits per heavy atom. The first kappa shape index (κ1) is 23.9. The van der Waals surface area contributed by atoms with Crippen molar-refractivity contribution >= 4 is 22.8 Å². The zero-order chi connectivity index (χ0) is 24.6. The normalized spacial score (nSPS) is 17.9. The zero-order valence-electron chi connectivity index (χ0n) is 18.6. The molecule has 2 heterocycles. The van der Waals surface area contributed by atoms with Crippen LogP contribution in [0.15, 0.2) is 51.6 Å². The Balaban J connectivity index is 1.90. The summed E-state index contributed by atoms with van der Waals surface area (Å²) < 4.78 is 36.9. The van der Waals surface area contributed by atoms with Gasteiger partial charge in [0.1, 0.15) is 17.4 Å². The summed E-state index contributed by atoms with van der Waals surface area (Å²) in [7, 11) is 1.46. The third-order valence-electron chi connectivity index (χ3n) is 5.53. The number of allylic oxidation sites excluding steroid dienone is 4. The molecule has 3 aromatic rings. The molecule has 34 heavy (non-hydrogen) atoms. The number of hydrogen-bond acceptors (Lipinski definition) is 5. The van der Waals surface area contributed by atoms with Crippen molar-refractivity contribution in [3.8, 4) is 11.8 Å². The third-order valence-corrected chi connectivity index (χ3v) is 5.81. The number of halogens is 3. The minimum atomic E-state index is -0.837. The highest BCUT2D eigenvalue weighted by Gasteiger charge is 2.24. The van der Waals surface area contributed by atoms with E-state index in [0.29, 0.717) is 12.5 Å². The molecule has 0 radical (unpaired) electrons. The smallest absolute Gasteiger partial charge is 0.332 e. The molecular formula is C23H23ClF2N4O4. The number of nitrogens with zero attached hydrogens (tertiary/aromatic N) is 4. The topological polar surface area (TPSA) is 91.3 Å². The highest BCUT2D eigenvalue weighted by molar-refractivity contribution is 6.25. The van der Waals surface area contributed by atoms with E-state index >= 15 is 0 Å². The summed E-state index contributed by atoms with van der Waals surface area (Å²) in [5.74, 6) is -1.83. The van der Waals surface area contributed by atoms with Crippen LogP contribution in [0.2, 0.25) is 0 Å². The molecule has 0 fully saturated rings. The minimum Gasteiger partial charge on any atom is -0.425 e. The van der Waals surface area contributed by atoms with Gasteiger partial charge in [-0.1, -0.05) is 18.2 Å². The van der Waals surface area contributed by atoms with Gasteiger partial charge in [-0.2, -0.15) is 4.98 Å². The van der Waals surface area contributed by atoms with E-state index in [2.05, 4.69) is 4.98 Å². The predicted molar refractivity (Wildman–Crippen MR) is 123 cm³/mol. The van der Waals surface area contributed by atoms with Gasteiger partial charge in [0.05, 0.1) is 11.4 Å². The molecule has 0 saturated heterocycles. The van der Waals surface area contributed by atoms with Gasteiger partial charge in [-0.05, 0) is 25.3 Å². The number of fused-ring (bicyclic) bond motifs is 1. The van der Waals surface area contributed by atoms with E-state index in [1.807, 2.05) is 25.2 Å². The summed E-state index contributed by atoms with van der Waals surface area (Å²) in [6, 6.07) is 2.58. The van der Waals surface area contributed by atoms with Gasteiger partial charge in [-0.3, -0.25) is 18.5 Å². The summed E-state index contributed by atoms with van der Waals surface area (Å²) in [5.41, 5.74) is -0.261. The molecule has 0 spiro atoms. The highest BCUT2D eigenvalue weighted by Crippen LogP contribution is 2.30. The number of aromatic nitrogens is 4. The number of aliphatic hydroxyl groups is 1. The van der Waals surface area contributed by atoms with Gasteiger partial charge in [0.25, 0.3) is 5.56 Å². The van der Waals surface area contributed by atoms with Crippen LogP contribution in [-0.2, 0) is 20.1 Å².